The minimum atomic E-state index is -0.177. The second kappa shape index (κ2) is 4.77. The lowest BCUT2D eigenvalue weighted by Gasteiger charge is -2.06. The molecule has 1 aliphatic heterocycles. The second-order valence-electron chi connectivity index (χ2n) is 3.46. The average Bonchev–Trinajstić information content (AvgIpc) is 2.71. The number of benzene rings is 1. The maximum absolute atomic E-state index is 12.8. The molecule has 4 heteroatoms. The number of hydrogen-bond acceptors (Lipinski definition) is 3. The third-order valence-corrected chi connectivity index (χ3v) is 2.27. The summed E-state index contributed by atoms with van der Waals surface area (Å²) in [5.74, 6) is 0.676. The molecule has 0 spiro atoms. The van der Waals surface area contributed by atoms with Gasteiger partial charge >= 0.3 is 0 Å². The summed E-state index contributed by atoms with van der Waals surface area (Å²) in [5.41, 5.74) is 1.00. The first-order valence-electron chi connectivity index (χ1n) is 5.11. The monoisotopic (exact) mass is 207 g/mol. The first kappa shape index (κ1) is 9.96. The number of halogens is 1. The standard InChI is InChI=1S/C11H14FN3/c12-10-3-1-2-9(8-10)4-5-13-11-14-6-7-15-11/h1-3,8H,4-7H2,(H2,13,14,15). The molecule has 0 aromatic heterocycles. The molecule has 0 radical (unpaired) electrons. The van der Waals surface area contributed by atoms with Gasteiger partial charge in [0.05, 0.1) is 6.54 Å². The van der Waals surface area contributed by atoms with Crippen molar-refractivity contribution in [3.05, 3.63) is 35.6 Å². The topological polar surface area (TPSA) is 36.4 Å². The lowest BCUT2D eigenvalue weighted by Crippen LogP contribution is -2.34. The van der Waals surface area contributed by atoms with Crippen molar-refractivity contribution < 1.29 is 4.39 Å². The predicted octanol–water partition coefficient (Wildman–Crippen LogP) is 0.917. The van der Waals surface area contributed by atoms with Crippen molar-refractivity contribution in [2.24, 2.45) is 4.99 Å². The van der Waals surface area contributed by atoms with Crippen molar-refractivity contribution in [3.8, 4) is 0 Å². The highest BCUT2D eigenvalue weighted by Crippen LogP contribution is 2.03. The Morgan fingerprint density at radius 2 is 2.40 bits per heavy atom. The summed E-state index contributed by atoms with van der Waals surface area (Å²) in [5, 5.41) is 6.29. The number of hydrogen-bond donors (Lipinski definition) is 2. The van der Waals surface area contributed by atoms with E-state index in [1.54, 1.807) is 12.1 Å². The number of aliphatic imine (C=N–C) groups is 1. The molecule has 0 saturated heterocycles. The van der Waals surface area contributed by atoms with Crippen LogP contribution in [0.5, 0.6) is 0 Å². The molecular formula is C11H14FN3. The molecule has 0 fully saturated rings. The van der Waals surface area contributed by atoms with Gasteiger partial charge in [0.25, 0.3) is 0 Å². The fourth-order valence-corrected chi connectivity index (χ4v) is 1.53. The van der Waals surface area contributed by atoms with Crippen molar-refractivity contribution in [1.29, 1.82) is 0 Å². The number of guanidine groups is 1. The Hall–Kier alpha value is -1.58. The van der Waals surface area contributed by atoms with E-state index >= 15 is 0 Å². The maximum atomic E-state index is 12.8. The lowest BCUT2D eigenvalue weighted by atomic mass is 10.1. The van der Waals surface area contributed by atoms with E-state index in [-0.39, 0.29) is 5.82 Å². The summed E-state index contributed by atoms with van der Waals surface area (Å²) in [7, 11) is 0. The van der Waals surface area contributed by atoms with Crippen LogP contribution in [-0.2, 0) is 6.42 Å². The summed E-state index contributed by atoms with van der Waals surface area (Å²) in [4.78, 5) is 4.20. The van der Waals surface area contributed by atoms with Crippen LogP contribution in [0.1, 0.15) is 5.56 Å². The zero-order valence-electron chi connectivity index (χ0n) is 8.46. The van der Waals surface area contributed by atoms with E-state index in [0.717, 1.165) is 37.6 Å². The molecule has 3 nitrogen and oxygen atoms in total. The predicted molar refractivity (Wildman–Crippen MR) is 58.4 cm³/mol. The van der Waals surface area contributed by atoms with E-state index in [1.165, 1.54) is 6.07 Å². The van der Waals surface area contributed by atoms with Gasteiger partial charge in [0.1, 0.15) is 5.82 Å². The third-order valence-electron chi connectivity index (χ3n) is 2.27. The van der Waals surface area contributed by atoms with Crippen LogP contribution in [0.25, 0.3) is 0 Å². The molecule has 0 unspecified atom stereocenters. The van der Waals surface area contributed by atoms with Crippen LogP contribution < -0.4 is 10.6 Å². The Kier molecular flexibility index (Phi) is 3.17. The van der Waals surface area contributed by atoms with E-state index in [4.69, 9.17) is 0 Å². The summed E-state index contributed by atoms with van der Waals surface area (Å²) < 4.78 is 12.8. The molecule has 0 amide bonds. The Bertz CT molecular complexity index is 363. The van der Waals surface area contributed by atoms with Crippen molar-refractivity contribution in [2.45, 2.75) is 6.42 Å². The van der Waals surface area contributed by atoms with Gasteiger partial charge in [-0.15, -0.1) is 0 Å². The van der Waals surface area contributed by atoms with Crippen LogP contribution in [0.2, 0.25) is 0 Å². The van der Waals surface area contributed by atoms with Crippen molar-refractivity contribution in [1.82, 2.24) is 10.6 Å². The molecule has 2 rings (SSSR count). The highest BCUT2D eigenvalue weighted by Gasteiger charge is 2.03. The van der Waals surface area contributed by atoms with E-state index in [9.17, 15) is 4.39 Å². The molecular weight excluding hydrogens is 193 g/mol. The van der Waals surface area contributed by atoms with E-state index in [0.29, 0.717) is 0 Å². The zero-order chi connectivity index (χ0) is 10.5. The highest BCUT2D eigenvalue weighted by atomic mass is 19.1. The Balaban J connectivity index is 1.78. The van der Waals surface area contributed by atoms with Crippen molar-refractivity contribution >= 4 is 5.96 Å². The zero-order valence-corrected chi connectivity index (χ0v) is 8.46. The minimum absolute atomic E-state index is 0.177. The van der Waals surface area contributed by atoms with Crippen LogP contribution in [-0.4, -0.2) is 25.6 Å². The molecule has 1 aliphatic rings. The SMILES string of the molecule is Fc1cccc(CCNC2=NCCN2)c1. The summed E-state index contributed by atoms with van der Waals surface area (Å²) in [6.45, 7) is 2.51. The fourth-order valence-electron chi connectivity index (χ4n) is 1.53. The molecule has 1 heterocycles. The summed E-state index contributed by atoms with van der Waals surface area (Å²) in [6.07, 6.45) is 0.804. The molecule has 15 heavy (non-hydrogen) atoms. The molecule has 80 valence electrons. The van der Waals surface area contributed by atoms with Crippen LogP contribution in [0.3, 0.4) is 0 Å². The Labute approximate surface area is 88.4 Å². The average molecular weight is 207 g/mol. The molecule has 1 aromatic rings. The van der Waals surface area contributed by atoms with Gasteiger partial charge in [-0.2, -0.15) is 0 Å². The lowest BCUT2D eigenvalue weighted by molar-refractivity contribution is 0.625. The molecule has 0 bridgehead atoms. The largest absolute Gasteiger partial charge is 0.356 e. The third kappa shape index (κ3) is 2.94. The molecule has 1 aromatic carbocycles. The molecule has 0 saturated carbocycles. The van der Waals surface area contributed by atoms with Gasteiger partial charge in [-0.05, 0) is 24.1 Å². The smallest absolute Gasteiger partial charge is 0.191 e. The van der Waals surface area contributed by atoms with E-state index in [1.807, 2.05) is 6.07 Å². The number of rotatable bonds is 3. The van der Waals surface area contributed by atoms with Crippen LogP contribution in [0.4, 0.5) is 4.39 Å². The summed E-state index contributed by atoms with van der Waals surface area (Å²) >= 11 is 0. The molecule has 0 aliphatic carbocycles. The van der Waals surface area contributed by atoms with E-state index in [2.05, 4.69) is 15.6 Å². The molecule has 2 N–H and O–H groups in total. The van der Waals surface area contributed by atoms with Gasteiger partial charge in [-0.3, -0.25) is 4.99 Å². The first-order chi connectivity index (χ1) is 7.34. The van der Waals surface area contributed by atoms with Crippen molar-refractivity contribution in [3.63, 3.8) is 0 Å². The van der Waals surface area contributed by atoms with Gasteiger partial charge in [0.2, 0.25) is 0 Å². The van der Waals surface area contributed by atoms with Gasteiger partial charge in [-0.1, -0.05) is 12.1 Å². The van der Waals surface area contributed by atoms with Crippen LogP contribution >= 0.6 is 0 Å². The normalized spacial score (nSPS) is 14.6. The summed E-state index contributed by atoms with van der Waals surface area (Å²) in [6, 6.07) is 6.68. The minimum Gasteiger partial charge on any atom is -0.356 e. The van der Waals surface area contributed by atoms with Gasteiger partial charge < -0.3 is 10.6 Å². The first-order valence-corrected chi connectivity index (χ1v) is 5.11. The van der Waals surface area contributed by atoms with Crippen molar-refractivity contribution in [2.75, 3.05) is 19.6 Å². The Morgan fingerprint density at radius 1 is 1.47 bits per heavy atom. The van der Waals surface area contributed by atoms with E-state index < -0.39 is 0 Å². The highest BCUT2D eigenvalue weighted by molar-refractivity contribution is 5.81. The van der Waals surface area contributed by atoms with Crippen LogP contribution in [0, 0.1) is 5.82 Å². The maximum Gasteiger partial charge on any atom is 0.191 e. The number of nitrogens with one attached hydrogen (secondary N) is 2. The number of nitrogens with zero attached hydrogens (tertiary/aromatic N) is 1. The van der Waals surface area contributed by atoms with Crippen LogP contribution in [0.15, 0.2) is 29.3 Å². The molecule has 0 atom stereocenters. The van der Waals surface area contributed by atoms with Gasteiger partial charge in [0, 0.05) is 13.1 Å². The Morgan fingerprint density at radius 3 is 3.13 bits per heavy atom. The van der Waals surface area contributed by atoms with Gasteiger partial charge in [-0.25, -0.2) is 4.39 Å². The fraction of sp³-hybridized carbons (Fsp3) is 0.364. The second-order valence-corrected chi connectivity index (χ2v) is 3.46. The van der Waals surface area contributed by atoms with Gasteiger partial charge in [0.15, 0.2) is 5.96 Å². The quantitative estimate of drug-likeness (QED) is 0.773.